The number of nitrogens with one attached hydrogen (secondary N) is 1. The maximum absolute atomic E-state index is 12.4. The van der Waals surface area contributed by atoms with E-state index < -0.39 is 5.91 Å². The monoisotopic (exact) mass is 359 g/mol. The lowest BCUT2D eigenvalue weighted by Gasteiger charge is -2.45. The molecule has 1 heterocycles. The van der Waals surface area contributed by atoms with E-state index in [0.717, 1.165) is 12.0 Å². The summed E-state index contributed by atoms with van der Waals surface area (Å²) in [5.74, 6) is 0.0240. The molecule has 2 aromatic carbocycles. The van der Waals surface area contributed by atoms with E-state index >= 15 is 0 Å². The molecule has 0 bridgehead atoms. The molecular formula is C23H25N3O. The smallest absolute Gasteiger partial charge is 0.266 e. The van der Waals surface area contributed by atoms with Gasteiger partial charge >= 0.3 is 0 Å². The van der Waals surface area contributed by atoms with Crippen LogP contribution in [0, 0.1) is 11.3 Å². The second-order valence-electron chi connectivity index (χ2n) is 7.78. The fraction of sp³-hybridized carbons (Fsp3) is 0.304. The van der Waals surface area contributed by atoms with Gasteiger partial charge in [0.1, 0.15) is 11.6 Å². The molecule has 1 aliphatic rings. The number of nitriles is 1. The first-order valence-electron chi connectivity index (χ1n) is 9.18. The van der Waals surface area contributed by atoms with Gasteiger partial charge < -0.3 is 10.2 Å². The number of nitrogens with zero attached hydrogens (tertiary/aromatic N) is 2. The third-order valence-corrected chi connectivity index (χ3v) is 5.37. The number of rotatable bonds is 3. The molecule has 0 aliphatic carbocycles. The molecule has 1 unspecified atom stereocenters. The van der Waals surface area contributed by atoms with Gasteiger partial charge in [-0.05, 0) is 67.7 Å². The van der Waals surface area contributed by atoms with Crippen LogP contribution < -0.4 is 10.2 Å². The van der Waals surface area contributed by atoms with Crippen LogP contribution in [0.25, 0.3) is 6.08 Å². The number of hydrogen-bond acceptors (Lipinski definition) is 3. The topological polar surface area (TPSA) is 56.1 Å². The Bertz CT molecular complexity index is 922. The van der Waals surface area contributed by atoms with Crippen LogP contribution in [0.5, 0.6) is 0 Å². The highest BCUT2D eigenvalue weighted by Gasteiger charge is 2.33. The Kier molecular flexibility index (Phi) is 5.05. The summed E-state index contributed by atoms with van der Waals surface area (Å²) in [4.78, 5) is 14.7. The third kappa shape index (κ3) is 3.88. The van der Waals surface area contributed by atoms with Crippen molar-refractivity contribution in [3.05, 3.63) is 65.2 Å². The Morgan fingerprint density at radius 1 is 1.26 bits per heavy atom. The second kappa shape index (κ2) is 7.28. The summed E-state index contributed by atoms with van der Waals surface area (Å²) >= 11 is 0. The van der Waals surface area contributed by atoms with E-state index in [2.05, 4.69) is 50.2 Å². The second-order valence-corrected chi connectivity index (χ2v) is 7.78. The van der Waals surface area contributed by atoms with Crippen LogP contribution in [0.1, 0.15) is 44.2 Å². The summed E-state index contributed by atoms with van der Waals surface area (Å²) in [5.41, 5.74) is 4.21. The van der Waals surface area contributed by atoms with Crippen LogP contribution in [0.15, 0.2) is 54.1 Å². The van der Waals surface area contributed by atoms with Crippen molar-refractivity contribution < 1.29 is 4.79 Å². The highest BCUT2D eigenvalue weighted by atomic mass is 16.1. The first kappa shape index (κ1) is 18.7. The van der Waals surface area contributed by atoms with Crippen molar-refractivity contribution in [2.75, 3.05) is 17.3 Å². The molecule has 4 nitrogen and oxygen atoms in total. The molecule has 4 heteroatoms. The van der Waals surface area contributed by atoms with E-state index in [9.17, 15) is 10.1 Å². The van der Waals surface area contributed by atoms with Crippen LogP contribution in [0.4, 0.5) is 11.4 Å². The zero-order valence-electron chi connectivity index (χ0n) is 16.3. The lowest BCUT2D eigenvalue weighted by molar-refractivity contribution is -0.112. The van der Waals surface area contributed by atoms with Crippen molar-refractivity contribution in [2.45, 2.75) is 38.6 Å². The fourth-order valence-electron chi connectivity index (χ4n) is 3.72. The van der Waals surface area contributed by atoms with Crippen molar-refractivity contribution in [3.63, 3.8) is 0 Å². The van der Waals surface area contributed by atoms with E-state index in [1.165, 1.54) is 11.3 Å². The molecule has 0 aromatic heterocycles. The first-order valence-corrected chi connectivity index (χ1v) is 9.18. The summed E-state index contributed by atoms with van der Waals surface area (Å²) in [6, 6.07) is 17.3. The number of benzene rings is 2. The van der Waals surface area contributed by atoms with E-state index in [-0.39, 0.29) is 11.1 Å². The van der Waals surface area contributed by atoms with Crippen molar-refractivity contribution in [1.82, 2.24) is 0 Å². The van der Waals surface area contributed by atoms with Crippen molar-refractivity contribution in [2.24, 2.45) is 0 Å². The van der Waals surface area contributed by atoms with Crippen LogP contribution in [0.2, 0.25) is 0 Å². The van der Waals surface area contributed by atoms with Gasteiger partial charge in [-0.1, -0.05) is 31.2 Å². The van der Waals surface area contributed by atoms with Gasteiger partial charge in [-0.25, -0.2) is 0 Å². The molecule has 3 rings (SSSR count). The van der Waals surface area contributed by atoms with Gasteiger partial charge in [-0.2, -0.15) is 5.26 Å². The van der Waals surface area contributed by atoms with E-state index in [1.54, 1.807) is 18.2 Å². The molecule has 0 fully saturated rings. The molecule has 1 aliphatic heterocycles. The highest BCUT2D eigenvalue weighted by molar-refractivity contribution is 6.09. The minimum Gasteiger partial charge on any atom is -0.369 e. The summed E-state index contributed by atoms with van der Waals surface area (Å²) in [6.45, 7) is 6.73. The van der Waals surface area contributed by atoms with Crippen LogP contribution in [0.3, 0.4) is 0 Å². The number of carbonyl (C=O) groups is 1. The summed E-state index contributed by atoms with van der Waals surface area (Å²) in [7, 11) is 2.12. The van der Waals surface area contributed by atoms with Gasteiger partial charge in [0, 0.05) is 24.0 Å². The number of fused-ring (bicyclic) bond motifs is 1. The van der Waals surface area contributed by atoms with Crippen molar-refractivity contribution in [3.8, 4) is 6.07 Å². The van der Waals surface area contributed by atoms with Crippen molar-refractivity contribution >= 4 is 23.4 Å². The molecule has 0 saturated carbocycles. The number of amides is 1. The SMILES string of the molecule is CC1CC(C)(C)N(C)c2ccc(/C=C(/C#N)C(=O)Nc3ccccc3)cc21. The zero-order valence-corrected chi connectivity index (χ0v) is 16.3. The third-order valence-electron chi connectivity index (χ3n) is 5.37. The quantitative estimate of drug-likeness (QED) is 0.623. The minimum atomic E-state index is -0.396. The number of carbonyl (C=O) groups excluding carboxylic acids is 1. The normalized spacial score (nSPS) is 18.4. The molecule has 1 atom stereocenters. The molecule has 2 aromatic rings. The number of anilines is 2. The van der Waals surface area contributed by atoms with Gasteiger partial charge in [0.15, 0.2) is 0 Å². The summed E-state index contributed by atoms with van der Waals surface area (Å²) in [5, 5.41) is 12.2. The Hall–Kier alpha value is -3.06. The van der Waals surface area contributed by atoms with E-state index in [0.29, 0.717) is 11.6 Å². The average Bonchev–Trinajstić information content (AvgIpc) is 2.64. The van der Waals surface area contributed by atoms with Gasteiger partial charge in [0.05, 0.1) is 0 Å². The predicted octanol–water partition coefficient (Wildman–Crippen LogP) is 4.95. The van der Waals surface area contributed by atoms with Gasteiger partial charge in [0.25, 0.3) is 5.91 Å². The lowest BCUT2D eigenvalue weighted by atomic mass is 9.80. The Labute approximate surface area is 161 Å². The van der Waals surface area contributed by atoms with Crippen LogP contribution >= 0.6 is 0 Å². The Morgan fingerprint density at radius 2 is 1.96 bits per heavy atom. The number of para-hydroxylation sites is 1. The molecular weight excluding hydrogens is 334 g/mol. The maximum atomic E-state index is 12.4. The summed E-state index contributed by atoms with van der Waals surface area (Å²) < 4.78 is 0. The largest absolute Gasteiger partial charge is 0.369 e. The Morgan fingerprint density at radius 3 is 2.63 bits per heavy atom. The van der Waals surface area contributed by atoms with Crippen LogP contribution in [-0.4, -0.2) is 18.5 Å². The highest BCUT2D eigenvalue weighted by Crippen LogP contribution is 2.42. The lowest BCUT2D eigenvalue weighted by Crippen LogP contribution is -2.45. The molecule has 138 valence electrons. The molecule has 0 spiro atoms. The number of hydrogen-bond donors (Lipinski definition) is 1. The van der Waals surface area contributed by atoms with E-state index in [1.807, 2.05) is 30.3 Å². The predicted molar refractivity (Wildman–Crippen MR) is 111 cm³/mol. The molecule has 27 heavy (non-hydrogen) atoms. The molecule has 0 radical (unpaired) electrons. The van der Waals surface area contributed by atoms with Crippen molar-refractivity contribution in [1.29, 1.82) is 5.26 Å². The molecule has 1 amide bonds. The van der Waals surface area contributed by atoms with Crippen LogP contribution in [-0.2, 0) is 4.79 Å². The van der Waals surface area contributed by atoms with Gasteiger partial charge in [-0.15, -0.1) is 0 Å². The maximum Gasteiger partial charge on any atom is 0.266 e. The average molecular weight is 359 g/mol. The standard InChI is InChI=1S/C23H25N3O/c1-16-14-23(2,3)26(4)21-11-10-17(13-20(16)21)12-18(15-24)22(27)25-19-8-6-5-7-9-19/h5-13,16H,14H2,1-4H3,(H,25,27)/b18-12-. The molecule has 0 saturated heterocycles. The van der Waals surface area contributed by atoms with Gasteiger partial charge in [0.2, 0.25) is 0 Å². The Balaban J connectivity index is 1.89. The van der Waals surface area contributed by atoms with Gasteiger partial charge in [-0.3, -0.25) is 4.79 Å². The van der Waals surface area contributed by atoms with E-state index in [4.69, 9.17) is 0 Å². The summed E-state index contributed by atoms with van der Waals surface area (Å²) in [6.07, 6.45) is 2.72. The zero-order chi connectivity index (χ0) is 19.6. The first-order chi connectivity index (χ1) is 12.8. The molecule has 1 N–H and O–H groups in total. The fourth-order valence-corrected chi connectivity index (χ4v) is 3.72. The minimum absolute atomic E-state index is 0.0935.